The van der Waals surface area contributed by atoms with Gasteiger partial charge >= 0.3 is 0 Å². The summed E-state index contributed by atoms with van der Waals surface area (Å²) in [6.07, 6.45) is 2.58. The number of rotatable bonds is 6. The van der Waals surface area contributed by atoms with E-state index in [4.69, 9.17) is 0 Å². The molecule has 1 N–H and O–H groups in total. The first-order valence-electron chi connectivity index (χ1n) is 6.84. The SMILES string of the molecule is CN(Cc1csc(CNC2CC2)n1)c1cccc(F)c1. The zero-order chi connectivity index (χ0) is 13.9. The minimum absolute atomic E-state index is 0.207. The Balaban J connectivity index is 1.59. The maximum Gasteiger partial charge on any atom is 0.125 e. The highest BCUT2D eigenvalue weighted by atomic mass is 32.1. The molecule has 0 bridgehead atoms. The van der Waals surface area contributed by atoms with E-state index in [-0.39, 0.29) is 5.82 Å². The second-order valence-electron chi connectivity index (χ2n) is 5.22. The number of hydrogen-bond acceptors (Lipinski definition) is 4. The summed E-state index contributed by atoms with van der Waals surface area (Å²) >= 11 is 1.69. The summed E-state index contributed by atoms with van der Waals surface area (Å²) in [4.78, 5) is 6.63. The average molecular weight is 291 g/mol. The third-order valence-electron chi connectivity index (χ3n) is 3.37. The van der Waals surface area contributed by atoms with E-state index in [2.05, 4.69) is 15.7 Å². The lowest BCUT2D eigenvalue weighted by Gasteiger charge is -2.17. The molecule has 20 heavy (non-hydrogen) atoms. The summed E-state index contributed by atoms with van der Waals surface area (Å²) in [7, 11) is 1.95. The maximum absolute atomic E-state index is 13.2. The van der Waals surface area contributed by atoms with Crippen LogP contribution in [0.2, 0.25) is 0 Å². The van der Waals surface area contributed by atoms with Crippen molar-refractivity contribution in [2.24, 2.45) is 0 Å². The summed E-state index contributed by atoms with van der Waals surface area (Å²) in [5, 5.41) is 6.67. The van der Waals surface area contributed by atoms with Gasteiger partial charge in [-0.25, -0.2) is 9.37 Å². The van der Waals surface area contributed by atoms with Crippen LogP contribution in [0.5, 0.6) is 0 Å². The Kier molecular flexibility index (Phi) is 3.98. The fourth-order valence-corrected chi connectivity index (χ4v) is 2.81. The monoisotopic (exact) mass is 291 g/mol. The molecule has 5 heteroatoms. The number of anilines is 1. The lowest BCUT2D eigenvalue weighted by atomic mass is 10.3. The number of thiazole rings is 1. The molecule has 0 radical (unpaired) electrons. The lowest BCUT2D eigenvalue weighted by molar-refractivity contribution is 0.627. The van der Waals surface area contributed by atoms with E-state index < -0.39 is 0 Å². The van der Waals surface area contributed by atoms with Gasteiger partial charge in [0.1, 0.15) is 10.8 Å². The fourth-order valence-electron chi connectivity index (χ4n) is 2.07. The molecule has 0 spiro atoms. The summed E-state index contributed by atoms with van der Waals surface area (Å²) in [6, 6.07) is 7.35. The summed E-state index contributed by atoms with van der Waals surface area (Å²) < 4.78 is 13.2. The first-order chi connectivity index (χ1) is 9.70. The Hall–Kier alpha value is -1.46. The van der Waals surface area contributed by atoms with E-state index in [0.29, 0.717) is 12.6 Å². The molecule has 1 aromatic carbocycles. The molecule has 1 aromatic heterocycles. The maximum atomic E-state index is 13.2. The molecule has 0 unspecified atom stereocenters. The van der Waals surface area contributed by atoms with Crippen molar-refractivity contribution in [3.05, 3.63) is 46.2 Å². The Morgan fingerprint density at radius 3 is 3.05 bits per heavy atom. The highest BCUT2D eigenvalue weighted by Gasteiger charge is 2.20. The van der Waals surface area contributed by atoms with Crippen LogP contribution in [-0.4, -0.2) is 18.1 Å². The Labute approximate surface area is 122 Å². The van der Waals surface area contributed by atoms with E-state index in [9.17, 15) is 4.39 Å². The Bertz CT molecular complexity index is 580. The molecule has 1 fully saturated rings. The summed E-state index contributed by atoms with van der Waals surface area (Å²) in [6.45, 7) is 1.56. The minimum atomic E-state index is -0.207. The van der Waals surface area contributed by atoms with Gasteiger partial charge in [0.15, 0.2) is 0 Å². The van der Waals surface area contributed by atoms with Crippen molar-refractivity contribution in [1.82, 2.24) is 10.3 Å². The van der Waals surface area contributed by atoms with Crippen molar-refractivity contribution in [2.75, 3.05) is 11.9 Å². The van der Waals surface area contributed by atoms with Crippen molar-refractivity contribution in [2.45, 2.75) is 32.0 Å². The van der Waals surface area contributed by atoms with Crippen LogP contribution in [0.25, 0.3) is 0 Å². The van der Waals surface area contributed by atoms with Gasteiger partial charge in [0, 0.05) is 30.7 Å². The summed E-state index contributed by atoms with van der Waals surface area (Å²) in [5.41, 5.74) is 1.91. The van der Waals surface area contributed by atoms with E-state index >= 15 is 0 Å². The second kappa shape index (κ2) is 5.89. The molecule has 0 saturated heterocycles. The zero-order valence-corrected chi connectivity index (χ0v) is 12.3. The van der Waals surface area contributed by atoms with Crippen LogP contribution in [0.3, 0.4) is 0 Å². The highest BCUT2D eigenvalue weighted by Crippen LogP contribution is 2.21. The van der Waals surface area contributed by atoms with Crippen LogP contribution in [0.1, 0.15) is 23.5 Å². The van der Waals surface area contributed by atoms with Gasteiger partial charge in [0.2, 0.25) is 0 Å². The minimum Gasteiger partial charge on any atom is -0.369 e. The van der Waals surface area contributed by atoms with Crippen LogP contribution < -0.4 is 10.2 Å². The third-order valence-corrected chi connectivity index (χ3v) is 4.26. The van der Waals surface area contributed by atoms with Crippen molar-refractivity contribution in [3.8, 4) is 0 Å². The third kappa shape index (κ3) is 3.55. The highest BCUT2D eigenvalue weighted by molar-refractivity contribution is 7.09. The van der Waals surface area contributed by atoms with Gasteiger partial charge in [-0.3, -0.25) is 0 Å². The van der Waals surface area contributed by atoms with Gasteiger partial charge in [-0.05, 0) is 31.0 Å². The predicted octanol–water partition coefficient (Wildman–Crippen LogP) is 3.17. The van der Waals surface area contributed by atoms with Gasteiger partial charge in [-0.2, -0.15) is 0 Å². The van der Waals surface area contributed by atoms with E-state index in [0.717, 1.165) is 22.9 Å². The predicted molar refractivity (Wildman–Crippen MR) is 80.5 cm³/mol. The Morgan fingerprint density at radius 2 is 2.30 bits per heavy atom. The largest absolute Gasteiger partial charge is 0.369 e. The van der Waals surface area contributed by atoms with Gasteiger partial charge < -0.3 is 10.2 Å². The molecule has 3 nitrogen and oxygen atoms in total. The standard InChI is InChI=1S/C15H18FN3S/c1-19(14-4-2-3-11(16)7-14)9-13-10-20-15(18-13)8-17-12-5-6-12/h2-4,7,10,12,17H,5-6,8-9H2,1H3. The van der Waals surface area contributed by atoms with E-state index in [1.807, 2.05) is 18.0 Å². The number of halogens is 1. The summed E-state index contributed by atoms with van der Waals surface area (Å²) in [5.74, 6) is -0.207. The number of hydrogen-bond donors (Lipinski definition) is 1. The topological polar surface area (TPSA) is 28.2 Å². The number of benzene rings is 1. The van der Waals surface area contributed by atoms with Gasteiger partial charge in [-0.1, -0.05) is 6.07 Å². The van der Waals surface area contributed by atoms with Crippen LogP contribution in [0.15, 0.2) is 29.6 Å². The zero-order valence-electron chi connectivity index (χ0n) is 11.5. The number of nitrogens with one attached hydrogen (secondary N) is 1. The van der Waals surface area contributed by atoms with Crippen LogP contribution in [-0.2, 0) is 13.1 Å². The molecule has 1 saturated carbocycles. The van der Waals surface area contributed by atoms with Gasteiger partial charge in [0.25, 0.3) is 0 Å². The van der Waals surface area contributed by atoms with Crippen molar-refractivity contribution in [1.29, 1.82) is 0 Å². The molecule has 3 rings (SSSR count). The molecule has 2 aromatic rings. The van der Waals surface area contributed by atoms with Crippen molar-refractivity contribution >= 4 is 17.0 Å². The second-order valence-corrected chi connectivity index (χ2v) is 6.17. The van der Waals surface area contributed by atoms with Gasteiger partial charge in [-0.15, -0.1) is 11.3 Å². The normalized spacial score (nSPS) is 14.5. The molecule has 1 heterocycles. The molecule has 106 valence electrons. The van der Waals surface area contributed by atoms with Crippen molar-refractivity contribution in [3.63, 3.8) is 0 Å². The van der Waals surface area contributed by atoms with Crippen LogP contribution >= 0.6 is 11.3 Å². The molecular formula is C15H18FN3S. The lowest BCUT2D eigenvalue weighted by Crippen LogP contribution is -2.17. The van der Waals surface area contributed by atoms with E-state index in [1.54, 1.807) is 23.5 Å². The van der Waals surface area contributed by atoms with Crippen molar-refractivity contribution < 1.29 is 4.39 Å². The fraction of sp³-hybridized carbons (Fsp3) is 0.400. The number of aromatic nitrogens is 1. The van der Waals surface area contributed by atoms with Gasteiger partial charge in [0.05, 0.1) is 12.2 Å². The molecular weight excluding hydrogens is 273 g/mol. The molecule has 0 aliphatic heterocycles. The van der Waals surface area contributed by atoms with Crippen LogP contribution in [0.4, 0.5) is 10.1 Å². The first kappa shape index (κ1) is 13.5. The Morgan fingerprint density at radius 1 is 1.45 bits per heavy atom. The molecule has 0 amide bonds. The van der Waals surface area contributed by atoms with Crippen LogP contribution in [0, 0.1) is 5.82 Å². The number of nitrogens with zero attached hydrogens (tertiary/aromatic N) is 2. The quantitative estimate of drug-likeness (QED) is 0.886. The molecule has 0 atom stereocenters. The smallest absolute Gasteiger partial charge is 0.125 e. The molecule has 1 aliphatic rings. The molecule has 1 aliphatic carbocycles. The van der Waals surface area contributed by atoms with E-state index in [1.165, 1.54) is 18.9 Å². The first-order valence-corrected chi connectivity index (χ1v) is 7.72. The average Bonchev–Trinajstić information content (AvgIpc) is 3.16.